The number of hydrogen-bond acceptors (Lipinski definition) is 7. The predicted octanol–water partition coefficient (Wildman–Crippen LogP) is 1.04. The average molecular weight is 543 g/mol. The monoisotopic (exact) mass is 543 g/mol. The number of halogens is 1. The van der Waals surface area contributed by atoms with E-state index in [0.29, 0.717) is 13.1 Å². The van der Waals surface area contributed by atoms with Crippen LogP contribution in [0.4, 0.5) is 0 Å². The molecular formula is C20H30IN7O3. The maximum atomic E-state index is 5.46. The van der Waals surface area contributed by atoms with Crippen molar-refractivity contribution in [1.82, 2.24) is 30.3 Å². The topological polar surface area (TPSA) is 98.1 Å². The van der Waals surface area contributed by atoms with E-state index in [-0.39, 0.29) is 30.8 Å². The zero-order valence-corrected chi connectivity index (χ0v) is 20.3. The van der Waals surface area contributed by atoms with Gasteiger partial charge in [-0.2, -0.15) is 0 Å². The van der Waals surface area contributed by atoms with Gasteiger partial charge in [-0.3, -0.25) is 4.90 Å². The molecule has 0 aliphatic carbocycles. The molecule has 10 nitrogen and oxygen atoms in total. The average Bonchev–Trinajstić information content (AvgIpc) is 3.37. The Balaban J connectivity index is 0.00000272. The Bertz CT molecular complexity index is 884. The summed E-state index contributed by atoms with van der Waals surface area (Å²) < 4.78 is 18.2. The van der Waals surface area contributed by atoms with Crippen molar-refractivity contribution in [1.29, 1.82) is 0 Å². The Labute approximate surface area is 199 Å². The fourth-order valence-electron chi connectivity index (χ4n) is 3.31. The molecule has 1 saturated heterocycles. The fourth-order valence-corrected chi connectivity index (χ4v) is 3.31. The van der Waals surface area contributed by atoms with Gasteiger partial charge in [-0.15, -0.1) is 34.2 Å². The molecule has 31 heavy (non-hydrogen) atoms. The maximum Gasteiger partial charge on any atom is 0.231 e. The number of nitrogens with zero attached hydrogens (tertiary/aromatic N) is 5. The van der Waals surface area contributed by atoms with E-state index < -0.39 is 0 Å². The van der Waals surface area contributed by atoms with Gasteiger partial charge < -0.3 is 29.4 Å². The molecule has 1 aromatic carbocycles. The smallest absolute Gasteiger partial charge is 0.231 e. The molecule has 2 N–H and O–H groups in total. The van der Waals surface area contributed by atoms with Crippen LogP contribution in [-0.4, -0.2) is 71.8 Å². The molecule has 0 spiro atoms. The molecule has 2 aromatic rings. The summed E-state index contributed by atoms with van der Waals surface area (Å²) in [5.41, 5.74) is 1.06. The molecule has 1 aromatic heterocycles. The zero-order chi connectivity index (χ0) is 20.8. The van der Waals surface area contributed by atoms with Crippen LogP contribution in [-0.2, 0) is 24.9 Å². The molecule has 0 unspecified atom stereocenters. The van der Waals surface area contributed by atoms with E-state index in [9.17, 15) is 0 Å². The van der Waals surface area contributed by atoms with Crippen molar-refractivity contribution in [3.8, 4) is 11.5 Å². The lowest BCUT2D eigenvalue weighted by molar-refractivity contribution is 0.0389. The van der Waals surface area contributed by atoms with Crippen LogP contribution in [0.15, 0.2) is 23.2 Å². The fraction of sp³-hybridized carbons (Fsp3) is 0.550. The summed E-state index contributed by atoms with van der Waals surface area (Å²) >= 11 is 0. The van der Waals surface area contributed by atoms with Gasteiger partial charge in [-0.05, 0) is 24.6 Å². The highest BCUT2D eigenvalue weighted by atomic mass is 127. The number of fused-ring (bicyclic) bond motifs is 1. The highest BCUT2D eigenvalue weighted by molar-refractivity contribution is 14.0. The number of ether oxygens (including phenoxy) is 3. The Morgan fingerprint density at radius 1 is 1.13 bits per heavy atom. The Morgan fingerprint density at radius 3 is 2.71 bits per heavy atom. The minimum Gasteiger partial charge on any atom is -0.454 e. The van der Waals surface area contributed by atoms with Gasteiger partial charge in [0, 0.05) is 33.2 Å². The first-order valence-corrected chi connectivity index (χ1v) is 10.2. The molecule has 0 saturated carbocycles. The van der Waals surface area contributed by atoms with E-state index >= 15 is 0 Å². The Hall–Kier alpha value is -2.12. The van der Waals surface area contributed by atoms with E-state index in [2.05, 4.69) is 25.7 Å². The van der Waals surface area contributed by atoms with Crippen LogP contribution in [0.25, 0.3) is 0 Å². The molecular weight excluding hydrogens is 513 g/mol. The quantitative estimate of drug-likeness (QED) is 0.304. The lowest BCUT2D eigenvalue weighted by Crippen LogP contribution is -2.44. The summed E-state index contributed by atoms with van der Waals surface area (Å²) in [6, 6.07) is 5.91. The summed E-state index contributed by atoms with van der Waals surface area (Å²) in [6.45, 7) is 8.56. The third-order valence-corrected chi connectivity index (χ3v) is 5.28. The van der Waals surface area contributed by atoms with Crippen molar-refractivity contribution >= 4 is 29.9 Å². The third kappa shape index (κ3) is 6.43. The van der Waals surface area contributed by atoms with E-state index in [1.807, 2.05) is 36.7 Å². The number of guanidine groups is 1. The highest BCUT2D eigenvalue weighted by Gasteiger charge is 2.14. The van der Waals surface area contributed by atoms with E-state index in [1.54, 1.807) is 0 Å². The number of morpholine rings is 1. The van der Waals surface area contributed by atoms with E-state index in [0.717, 1.165) is 74.1 Å². The normalized spacial score (nSPS) is 16.1. The van der Waals surface area contributed by atoms with Gasteiger partial charge in [0.2, 0.25) is 6.79 Å². The van der Waals surface area contributed by atoms with Crippen LogP contribution >= 0.6 is 24.0 Å². The van der Waals surface area contributed by atoms with Crippen molar-refractivity contribution < 1.29 is 14.2 Å². The van der Waals surface area contributed by atoms with Gasteiger partial charge >= 0.3 is 0 Å². The van der Waals surface area contributed by atoms with Gasteiger partial charge in [0.15, 0.2) is 23.3 Å². The molecule has 0 radical (unpaired) electrons. The van der Waals surface area contributed by atoms with Crippen LogP contribution in [0.1, 0.15) is 17.2 Å². The van der Waals surface area contributed by atoms with Crippen LogP contribution in [0.2, 0.25) is 0 Å². The van der Waals surface area contributed by atoms with Gasteiger partial charge in [-0.1, -0.05) is 6.07 Å². The van der Waals surface area contributed by atoms with E-state index in [1.165, 1.54) is 0 Å². The second-order valence-corrected chi connectivity index (χ2v) is 7.31. The summed E-state index contributed by atoms with van der Waals surface area (Å²) in [5, 5.41) is 15.1. The summed E-state index contributed by atoms with van der Waals surface area (Å²) in [7, 11) is 1.96. The number of hydrogen-bond donors (Lipinski definition) is 2. The molecule has 0 atom stereocenters. The molecule has 2 aliphatic rings. The summed E-state index contributed by atoms with van der Waals surface area (Å²) in [5.74, 6) is 4.03. The number of aliphatic imine (C=N–C) groups is 1. The first-order chi connectivity index (χ1) is 14.7. The second-order valence-electron chi connectivity index (χ2n) is 7.31. The molecule has 3 heterocycles. The van der Waals surface area contributed by atoms with Gasteiger partial charge in [0.05, 0.1) is 26.3 Å². The van der Waals surface area contributed by atoms with Crippen LogP contribution < -0.4 is 20.1 Å². The molecule has 1 fully saturated rings. The first kappa shape index (κ1) is 23.5. The summed E-state index contributed by atoms with van der Waals surface area (Å²) in [6.07, 6.45) is 0. The predicted molar refractivity (Wildman–Crippen MR) is 127 cm³/mol. The molecule has 2 aliphatic heterocycles. The minimum atomic E-state index is 0. The standard InChI is InChI=1S/C20H29N7O3.HI/c1-15-24-25-19(26(15)2)13-23-20(21-5-6-27-7-9-28-10-8-27)22-12-16-3-4-17-18(11-16)30-14-29-17;/h3-4,11H,5-10,12-14H2,1-2H3,(H2,21,22,23);1H. The number of rotatable bonds is 7. The van der Waals surface area contributed by atoms with Crippen LogP contribution in [0.5, 0.6) is 11.5 Å². The van der Waals surface area contributed by atoms with Crippen molar-refractivity contribution in [3.05, 3.63) is 35.4 Å². The zero-order valence-electron chi connectivity index (χ0n) is 18.0. The number of benzene rings is 1. The van der Waals surface area contributed by atoms with Gasteiger partial charge in [0.1, 0.15) is 5.82 Å². The van der Waals surface area contributed by atoms with E-state index in [4.69, 9.17) is 19.2 Å². The summed E-state index contributed by atoms with van der Waals surface area (Å²) in [4.78, 5) is 7.14. The third-order valence-electron chi connectivity index (χ3n) is 5.28. The van der Waals surface area contributed by atoms with Crippen molar-refractivity contribution in [2.24, 2.45) is 12.0 Å². The number of nitrogens with one attached hydrogen (secondary N) is 2. The molecule has 11 heteroatoms. The minimum absolute atomic E-state index is 0. The SMILES string of the molecule is Cc1nnc(CNC(=NCc2ccc3c(c2)OCO3)NCCN2CCOCC2)n1C.I. The van der Waals surface area contributed by atoms with Gasteiger partial charge in [-0.25, -0.2) is 4.99 Å². The molecule has 170 valence electrons. The highest BCUT2D eigenvalue weighted by Crippen LogP contribution is 2.32. The molecule has 0 amide bonds. The lowest BCUT2D eigenvalue weighted by atomic mass is 10.2. The largest absolute Gasteiger partial charge is 0.454 e. The molecule has 0 bridgehead atoms. The maximum absolute atomic E-state index is 5.46. The second kappa shape index (κ2) is 11.5. The van der Waals surface area contributed by atoms with Crippen molar-refractivity contribution in [2.45, 2.75) is 20.0 Å². The Kier molecular flexibility index (Phi) is 8.72. The number of aryl methyl sites for hydroxylation is 1. The first-order valence-electron chi connectivity index (χ1n) is 10.2. The van der Waals surface area contributed by atoms with Crippen LogP contribution in [0, 0.1) is 6.92 Å². The lowest BCUT2D eigenvalue weighted by Gasteiger charge is -2.26. The number of aromatic nitrogens is 3. The van der Waals surface area contributed by atoms with Crippen molar-refractivity contribution in [3.63, 3.8) is 0 Å². The Morgan fingerprint density at radius 2 is 1.94 bits per heavy atom. The van der Waals surface area contributed by atoms with Gasteiger partial charge in [0.25, 0.3) is 0 Å². The van der Waals surface area contributed by atoms with Crippen molar-refractivity contribution in [2.75, 3.05) is 46.2 Å². The molecule has 4 rings (SSSR count). The van der Waals surface area contributed by atoms with Crippen LogP contribution in [0.3, 0.4) is 0 Å².